The molecule has 1 N–H and O–H groups in total. The molecule has 0 unspecified atom stereocenters. The Morgan fingerprint density at radius 1 is 1.07 bits per heavy atom. The third kappa shape index (κ3) is 8.72. The van der Waals surface area contributed by atoms with Crippen molar-refractivity contribution in [3.05, 3.63) is 51.9 Å². The monoisotopic (exact) mass is 451 g/mol. The Kier molecular flexibility index (Phi) is 10.5. The predicted octanol–water partition coefficient (Wildman–Crippen LogP) is 6.22. The first-order chi connectivity index (χ1) is 14.0. The van der Waals surface area contributed by atoms with Crippen LogP contribution in [0.5, 0.6) is 0 Å². The van der Waals surface area contributed by atoms with Crippen LogP contribution in [-0.4, -0.2) is 32.7 Å². The highest BCUT2D eigenvalue weighted by Crippen LogP contribution is 2.33. The Labute approximate surface area is 187 Å². The van der Waals surface area contributed by atoms with Crippen molar-refractivity contribution in [1.29, 1.82) is 0 Å². The fourth-order valence-corrected chi connectivity index (χ4v) is 4.60. The molecular weight excluding hydrogens is 426 g/mol. The van der Waals surface area contributed by atoms with Crippen LogP contribution in [0.25, 0.3) is 6.08 Å². The highest BCUT2D eigenvalue weighted by Gasteiger charge is 2.31. The second-order valence-electron chi connectivity index (χ2n) is 6.89. The largest absolute Gasteiger partial charge is 0.481 e. The minimum Gasteiger partial charge on any atom is -0.481 e. The smallest absolute Gasteiger partial charge is 0.303 e. The second kappa shape index (κ2) is 12.8. The number of carbonyl (C=O) groups is 2. The molecule has 0 spiro atoms. The topological polar surface area (TPSA) is 57.6 Å². The molecule has 0 aromatic heterocycles. The van der Waals surface area contributed by atoms with Gasteiger partial charge >= 0.3 is 5.97 Å². The number of nitrogens with zero attached hydrogens (tertiary/aromatic N) is 1. The van der Waals surface area contributed by atoms with Crippen molar-refractivity contribution < 1.29 is 14.7 Å². The summed E-state index contributed by atoms with van der Waals surface area (Å²) < 4.78 is 0.582. The van der Waals surface area contributed by atoms with Crippen LogP contribution in [0.15, 0.2) is 46.3 Å². The van der Waals surface area contributed by atoms with Gasteiger partial charge in [-0.15, -0.1) is 0 Å². The van der Waals surface area contributed by atoms with Crippen LogP contribution >= 0.6 is 35.6 Å². The summed E-state index contributed by atoms with van der Waals surface area (Å²) in [6.45, 7) is 0.626. The van der Waals surface area contributed by atoms with E-state index in [0.717, 1.165) is 50.5 Å². The Balaban J connectivity index is 1.72. The van der Waals surface area contributed by atoms with E-state index in [2.05, 4.69) is 0 Å². The molecule has 1 aliphatic rings. The van der Waals surface area contributed by atoms with Gasteiger partial charge in [-0.05, 0) is 30.6 Å². The Morgan fingerprint density at radius 3 is 2.34 bits per heavy atom. The van der Waals surface area contributed by atoms with Crippen molar-refractivity contribution >= 4 is 57.9 Å². The molecule has 0 atom stereocenters. The normalized spacial score (nSPS) is 16.1. The first-order valence-corrected chi connectivity index (χ1v) is 11.5. The number of hydrogen-bond acceptors (Lipinski definition) is 4. The number of halogens is 1. The highest BCUT2D eigenvalue weighted by atomic mass is 35.5. The van der Waals surface area contributed by atoms with Gasteiger partial charge in [-0.1, -0.05) is 98.0 Å². The van der Waals surface area contributed by atoms with Crippen molar-refractivity contribution in [2.24, 2.45) is 0 Å². The number of rotatable bonds is 12. The van der Waals surface area contributed by atoms with Gasteiger partial charge in [0.05, 0.1) is 4.91 Å². The van der Waals surface area contributed by atoms with Gasteiger partial charge in [-0.2, -0.15) is 0 Å². The minimum absolute atomic E-state index is 0.0757. The molecule has 156 valence electrons. The lowest BCUT2D eigenvalue weighted by molar-refractivity contribution is -0.137. The summed E-state index contributed by atoms with van der Waals surface area (Å²) in [6.07, 6.45) is 10.7. The third-order valence-corrected chi connectivity index (χ3v) is 6.12. The molecular formula is C22H26ClNO3S2. The number of thioether (sulfide) groups is 1. The summed E-state index contributed by atoms with van der Waals surface area (Å²) in [6, 6.07) is 9.72. The number of benzene rings is 1. The number of aliphatic carboxylic acids is 1. The summed E-state index contributed by atoms with van der Waals surface area (Å²) in [7, 11) is 0. The van der Waals surface area contributed by atoms with Crippen LogP contribution in [0, 0.1) is 0 Å². The fourth-order valence-electron chi connectivity index (χ4n) is 3.00. The molecule has 0 saturated carbocycles. The molecule has 1 heterocycles. The first kappa shape index (κ1) is 23.6. The number of hydrogen-bond donors (Lipinski definition) is 1. The third-order valence-electron chi connectivity index (χ3n) is 4.52. The summed E-state index contributed by atoms with van der Waals surface area (Å²) >= 11 is 13.0. The fraction of sp³-hybridized carbons (Fsp3) is 0.409. The molecule has 4 nitrogen and oxygen atoms in total. The molecule has 0 bridgehead atoms. The number of carboxylic acids is 1. The summed E-state index contributed by atoms with van der Waals surface area (Å²) in [4.78, 5) is 25.3. The van der Waals surface area contributed by atoms with E-state index >= 15 is 0 Å². The van der Waals surface area contributed by atoms with E-state index < -0.39 is 5.97 Å². The maximum atomic E-state index is 12.6. The van der Waals surface area contributed by atoms with E-state index in [-0.39, 0.29) is 12.3 Å². The van der Waals surface area contributed by atoms with Crippen LogP contribution in [-0.2, 0) is 9.59 Å². The quantitative estimate of drug-likeness (QED) is 0.232. The van der Waals surface area contributed by atoms with Gasteiger partial charge in [0.15, 0.2) is 0 Å². The van der Waals surface area contributed by atoms with E-state index in [1.807, 2.05) is 36.4 Å². The maximum Gasteiger partial charge on any atom is 0.303 e. The van der Waals surface area contributed by atoms with Crippen molar-refractivity contribution in [2.45, 2.75) is 51.4 Å². The SMILES string of the molecule is O=C(O)CCCCCCCCCN1C(=O)/C(=C/C(Cl)=C/c2ccccc2)SC1=S. The first-order valence-electron chi connectivity index (χ1n) is 9.87. The number of amides is 1. The Bertz CT molecular complexity index is 778. The lowest BCUT2D eigenvalue weighted by atomic mass is 10.1. The van der Waals surface area contributed by atoms with Crippen LogP contribution in [0.3, 0.4) is 0 Å². The van der Waals surface area contributed by atoms with Gasteiger partial charge < -0.3 is 5.11 Å². The number of thiocarbonyl (C=S) groups is 1. The van der Waals surface area contributed by atoms with Gasteiger partial charge in [-0.3, -0.25) is 14.5 Å². The summed E-state index contributed by atoms with van der Waals surface area (Å²) in [5.41, 5.74) is 0.979. The zero-order valence-corrected chi connectivity index (χ0v) is 18.7. The van der Waals surface area contributed by atoms with Gasteiger partial charge in [0.2, 0.25) is 0 Å². The van der Waals surface area contributed by atoms with E-state index in [1.54, 1.807) is 11.0 Å². The lowest BCUT2D eigenvalue weighted by Gasteiger charge is -2.14. The summed E-state index contributed by atoms with van der Waals surface area (Å²) in [5, 5.41) is 9.11. The Hall–Kier alpha value is -1.63. The van der Waals surface area contributed by atoms with Crippen LogP contribution in [0.2, 0.25) is 0 Å². The maximum absolute atomic E-state index is 12.6. The molecule has 1 saturated heterocycles. The molecule has 1 amide bonds. The van der Waals surface area contributed by atoms with Gasteiger partial charge in [0, 0.05) is 18.0 Å². The molecule has 1 aromatic rings. The molecule has 1 aromatic carbocycles. The zero-order chi connectivity index (χ0) is 21.1. The number of carboxylic acid groups (broad SMARTS) is 1. The molecule has 2 rings (SSSR count). The molecule has 0 aliphatic carbocycles. The van der Waals surface area contributed by atoms with Crippen LogP contribution in [0.1, 0.15) is 56.9 Å². The zero-order valence-electron chi connectivity index (χ0n) is 16.3. The van der Waals surface area contributed by atoms with Crippen molar-refractivity contribution in [3.63, 3.8) is 0 Å². The van der Waals surface area contributed by atoms with Gasteiger partial charge in [0.1, 0.15) is 4.32 Å². The minimum atomic E-state index is -0.723. The van der Waals surface area contributed by atoms with Gasteiger partial charge in [-0.25, -0.2) is 0 Å². The summed E-state index contributed by atoms with van der Waals surface area (Å²) in [5.74, 6) is -0.798. The van der Waals surface area contributed by atoms with E-state index in [9.17, 15) is 9.59 Å². The van der Waals surface area contributed by atoms with Crippen molar-refractivity contribution in [1.82, 2.24) is 4.90 Å². The van der Waals surface area contributed by atoms with Crippen LogP contribution in [0.4, 0.5) is 0 Å². The standard InChI is InChI=1S/C22H26ClNO3S2/c23-18(15-17-11-7-6-8-12-17)16-19-21(27)24(22(28)29-19)14-10-5-3-1-2-4-9-13-20(25)26/h6-8,11-12,15-16H,1-5,9-10,13-14H2,(H,25,26)/b18-15-,19-16-. The predicted molar refractivity (Wildman–Crippen MR) is 125 cm³/mol. The van der Waals surface area contributed by atoms with Gasteiger partial charge in [0.25, 0.3) is 5.91 Å². The van der Waals surface area contributed by atoms with Crippen molar-refractivity contribution in [3.8, 4) is 0 Å². The van der Waals surface area contributed by atoms with E-state index in [0.29, 0.717) is 20.8 Å². The average molecular weight is 452 g/mol. The van der Waals surface area contributed by atoms with Crippen LogP contribution < -0.4 is 0 Å². The molecule has 0 radical (unpaired) electrons. The Morgan fingerprint density at radius 2 is 1.69 bits per heavy atom. The molecule has 29 heavy (non-hydrogen) atoms. The second-order valence-corrected chi connectivity index (χ2v) is 9.00. The highest BCUT2D eigenvalue weighted by molar-refractivity contribution is 8.26. The van der Waals surface area contributed by atoms with E-state index in [1.165, 1.54) is 11.8 Å². The van der Waals surface area contributed by atoms with E-state index in [4.69, 9.17) is 28.9 Å². The number of unbranched alkanes of at least 4 members (excludes halogenated alkanes) is 6. The molecule has 7 heteroatoms. The number of allylic oxidation sites excluding steroid dienone is 2. The molecule has 1 fully saturated rings. The molecule has 1 aliphatic heterocycles. The average Bonchev–Trinajstić information content (AvgIpc) is 2.94. The van der Waals surface area contributed by atoms with Crippen molar-refractivity contribution in [2.75, 3.05) is 6.54 Å². The number of carbonyl (C=O) groups excluding carboxylic acids is 1. The lowest BCUT2D eigenvalue weighted by Crippen LogP contribution is -2.29.